The number of benzene rings is 3. The van der Waals surface area contributed by atoms with Gasteiger partial charge in [0.15, 0.2) is 0 Å². The summed E-state index contributed by atoms with van der Waals surface area (Å²) in [6.45, 7) is 0. The Kier molecular flexibility index (Phi) is 4.35. The molecular formula is C20H12FNO2. The Labute approximate surface area is 138 Å². The number of esters is 1. The number of carbonyl (C=O) groups excluding carboxylic acids is 1. The van der Waals surface area contributed by atoms with E-state index < -0.39 is 11.8 Å². The topological polar surface area (TPSA) is 50.1 Å². The van der Waals surface area contributed by atoms with Gasteiger partial charge in [0.2, 0.25) is 0 Å². The molecule has 0 aliphatic rings. The molecule has 116 valence electrons. The predicted molar refractivity (Wildman–Crippen MR) is 88.0 cm³/mol. The number of nitriles is 1. The van der Waals surface area contributed by atoms with E-state index in [9.17, 15) is 9.18 Å². The normalized spacial score (nSPS) is 10.0. The number of halogens is 1. The quantitative estimate of drug-likeness (QED) is 0.524. The largest absolute Gasteiger partial charge is 0.423 e. The molecule has 0 aliphatic heterocycles. The molecule has 0 saturated carbocycles. The van der Waals surface area contributed by atoms with Crippen molar-refractivity contribution in [3.63, 3.8) is 0 Å². The number of carbonyl (C=O) groups is 1. The monoisotopic (exact) mass is 317 g/mol. The Balaban J connectivity index is 1.76. The molecular weight excluding hydrogens is 305 g/mol. The Morgan fingerprint density at radius 2 is 1.46 bits per heavy atom. The number of hydrogen-bond acceptors (Lipinski definition) is 3. The molecule has 0 atom stereocenters. The molecule has 3 aromatic rings. The zero-order valence-electron chi connectivity index (χ0n) is 12.6. The van der Waals surface area contributed by atoms with Crippen molar-refractivity contribution >= 4 is 5.97 Å². The van der Waals surface area contributed by atoms with Crippen molar-refractivity contribution in [1.29, 1.82) is 5.26 Å². The summed E-state index contributed by atoms with van der Waals surface area (Å²) in [7, 11) is 0. The minimum Gasteiger partial charge on any atom is -0.423 e. The lowest BCUT2D eigenvalue weighted by Gasteiger charge is -2.07. The minimum atomic E-state index is -0.737. The van der Waals surface area contributed by atoms with Crippen LogP contribution in [0.5, 0.6) is 5.75 Å². The maximum atomic E-state index is 13.6. The van der Waals surface area contributed by atoms with Crippen LogP contribution in [0.25, 0.3) is 11.1 Å². The van der Waals surface area contributed by atoms with Crippen molar-refractivity contribution in [2.75, 3.05) is 0 Å². The molecule has 0 bridgehead atoms. The molecule has 24 heavy (non-hydrogen) atoms. The predicted octanol–water partition coefficient (Wildman–Crippen LogP) is 4.58. The highest BCUT2D eigenvalue weighted by molar-refractivity contribution is 5.91. The Bertz CT molecular complexity index is 910. The first-order chi connectivity index (χ1) is 11.7. The van der Waals surface area contributed by atoms with Crippen molar-refractivity contribution < 1.29 is 13.9 Å². The van der Waals surface area contributed by atoms with Gasteiger partial charge in [0.05, 0.1) is 17.2 Å². The van der Waals surface area contributed by atoms with Gasteiger partial charge in [0.25, 0.3) is 0 Å². The molecule has 0 spiro atoms. The third-order valence-corrected chi connectivity index (χ3v) is 3.51. The summed E-state index contributed by atoms with van der Waals surface area (Å²) < 4.78 is 18.8. The summed E-state index contributed by atoms with van der Waals surface area (Å²) in [5.74, 6) is -1.02. The summed E-state index contributed by atoms with van der Waals surface area (Å²) in [6, 6.07) is 21.8. The van der Waals surface area contributed by atoms with Crippen LogP contribution in [0.15, 0.2) is 72.8 Å². The molecule has 0 N–H and O–H groups in total. The van der Waals surface area contributed by atoms with E-state index in [2.05, 4.69) is 6.07 Å². The van der Waals surface area contributed by atoms with Crippen LogP contribution in [0.3, 0.4) is 0 Å². The SMILES string of the molecule is N#Cc1ccc(-c2ccc(OC(=O)c3ccccc3F)cc2)cc1. The Morgan fingerprint density at radius 3 is 2.04 bits per heavy atom. The molecule has 3 aromatic carbocycles. The second-order valence-corrected chi connectivity index (χ2v) is 5.08. The number of ether oxygens (including phenoxy) is 1. The molecule has 0 fully saturated rings. The zero-order chi connectivity index (χ0) is 16.9. The summed E-state index contributed by atoms with van der Waals surface area (Å²) in [5, 5.41) is 8.81. The molecule has 0 heterocycles. The van der Waals surface area contributed by atoms with Crippen LogP contribution >= 0.6 is 0 Å². The van der Waals surface area contributed by atoms with Crippen LogP contribution in [0, 0.1) is 17.1 Å². The fourth-order valence-electron chi connectivity index (χ4n) is 2.24. The molecule has 3 nitrogen and oxygen atoms in total. The molecule has 4 heteroatoms. The van der Waals surface area contributed by atoms with Crippen LogP contribution in [-0.4, -0.2) is 5.97 Å². The molecule has 0 radical (unpaired) electrons. The molecule has 0 unspecified atom stereocenters. The van der Waals surface area contributed by atoms with Crippen molar-refractivity contribution in [1.82, 2.24) is 0 Å². The molecule has 0 amide bonds. The van der Waals surface area contributed by atoms with Gasteiger partial charge in [0, 0.05) is 0 Å². The summed E-state index contributed by atoms with van der Waals surface area (Å²) in [5.41, 5.74) is 2.36. The van der Waals surface area contributed by atoms with E-state index in [0.717, 1.165) is 11.1 Å². The van der Waals surface area contributed by atoms with Crippen molar-refractivity contribution in [2.45, 2.75) is 0 Å². The first-order valence-corrected chi connectivity index (χ1v) is 7.25. The smallest absolute Gasteiger partial charge is 0.346 e. The fourth-order valence-corrected chi connectivity index (χ4v) is 2.24. The van der Waals surface area contributed by atoms with E-state index in [0.29, 0.717) is 11.3 Å². The molecule has 0 aromatic heterocycles. The standard InChI is InChI=1S/C20H12FNO2/c21-19-4-2-1-3-18(19)20(23)24-17-11-9-16(10-12-17)15-7-5-14(13-22)6-8-15/h1-12H. The van der Waals surface area contributed by atoms with Gasteiger partial charge < -0.3 is 4.74 Å². The van der Waals surface area contributed by atoms with Gasteiger partial charge in [-0.3, -0.25) is 0 Å². The van der Waals surface area contributed by atoms with Crippen LogP contribution in [-0.2, 0) is 0 Å². The zero-order valence-corrected chi connectivity index (χ0v) is 12.6. The Hall–Kier alpha value is -3.45. The maximum absolute atomic E-state index is 13.6. The second-order valence-electron chi connectivity index (χ2n) is 5.08. The number of hydrogen-bond donors (Lipinski definition) is 0. The van der Waals surface area contributed by atoms with Gasteiger partial charge in [-0.05, 0) is 47.5 Å². The summed E-state index contributed by atoms with van der Waals surface area (Å²) in [4.78, 5) is 12.0. The van der Waals surface area contributed by atoms with Crippen LogP contribution in [0.1, 0.15) is 15.9 Å². The highest BCUT2D eigenvalue weighted by atomic mass is 19.1. The average Bonchev–Trinajstić information content (AvgIpc) is 2.63. The average molecular weight is 317 g/mol. The minimum absolute atomic E-state index is 0.103. The van der Waals surface area contributed by atoms with Gasteiger partial charge >= 0.3 is 5.97 Å². The van der Waals surface area contributed by atoms with E-state index >= 15 is 0 Å². The lowest BCUT2D eigenvalue weighted by atomic mass is 10.0. The fraction of sp³-hybridized carbons (Fsp3) is 0. The van der Waals surface area contributed by atoms with E-state index in [1.165, 1.54) is 18.2 Å². The lowest BCUT2D eigenvalue weighted by Crippen LogP contribution is -2.10. The van der Waals surface area contributed by atoms with E-state index in [4.69, 9.17) is 10.00 Å². The highest BCUT2D eigenvalue weighted by Crippen LogP contribution is 2.23. The van der Waals surface area contributed by atoms with Crippen molar-refractivity contribution in [2.24, 2.45) is 0 Å². The first-order valence-electron chi connectivity index (χ1n) is 7.25. The number of nitrogens with zero attached hydrogens (tertiary/aromatic N) is 1. The van der Waals surface area contributed by atoms with Crippen molar-refractivity contribution in [3.05, 3.63) is 89.7 Å². The highest BCUT2D eigenvalue weighted by Gasteiger charge is 2.13. The van der Waals surface area contributed by atoms with Gasteiger partial charge in [-0.1, -0.05) is 36.4 Å². The molecule has 3 rings (SSSR count). The summed E-state index contributed by atoms with van der Waals surface area (Å²) >= 11 is 0. The van der Waals surface area contributed by atoms with E-state index in [1.54, 1.807) is 42.5 Å². The van der Waals surface area contributed by atoms with Gasteiger partial charge in [-0.15, -0.1) is 0 Å². The van der Waals surface area contributed by atoms with E-state index in [1.807, 2.05) is 12.1 Å². The maximum Gasteiger partial charge on any atom is 0.346 e. The Morgan fingerprint density at radius 1 is 0.875 bits per heavy atom. The van der Waals surface area contributed by atoms with Gasteiger partial charge in [-0.2, -0.15) is 5.26 Å². The molecule has 0 aliphatic carbocycles. The van der Waals surface area contributed by atoms with Gasteiger partial charge in [0.1, 0.15) is 11.6 Å². The number of rotatable bonds is 3. The van der Waals surface area contributed by atoms with Crippen LogP contribution < -0.4 is 4.74 Å². The first kappa shape index (κ1) is 15.4. The van der Waals surface area contributed by atoms with Crippen LogP contribution in [0.4, 0.5) is 4.39 Å². The van der Waals surface area contributed by atoms with E-state index in [-0.39, 0.29) is 5.56 Å². The van der Waals surface area contributed by atoms with Crippen molar-refractivity contribution in [3.8, 4) is 22.9 Å². The van der Waals surface area contributed by atoms with Crippen LogP contribution in [0.2, 0.25) is 0 Å². The summed E-state index contributed by atoms with van der Waals surface area (Å²) in [6.07, 6.45) is 0. The third kappa shape index (κ3) is 3.31. The molecule has 0 saturated heterocycles. The lowest BCUT2D eigenvalue weighted by molar-refractivity contribution is 0.0730. The third-order valence-electron chi connectivity index (χ3n) is 3.51. The second kappa shape index (κ2) is 6.76. The van der Waals surface area contributed by atoms with Gasteiger partial charge in [-0.25, -0.2) is 9.18 Å².